The number of hydrogen-bond donors (Lipinski definition) is 0. The molecule has 0 aliphatic carbocycles. The second kappa shape index (κ2) is 7.34. The van der Waals surface area contributed by atoms with Crippen LogP contribution in [-0.4, -0.2) is 60.5 Å². The number of nitrogens with zero attached hydrogens (tertiary/aromatic N) is 2. The number of carbonyl (C=O) groups excluding carboxylic acids is 2. The summed E-state index contributed by atoms with van der Waals surface area (Å²) in [5.74, 6) is 0.238. The van der Waals surface area contributed by atoms with E-state index in [4.69, 9.17) is 4.74 Å². The number of ether oxygens (including phenoxy) is 1. The Morgan fingerprint density at radius 1 is 1.12 bits per heavy atom. The molecule has 0 bridgehead atoms. The molecule has 24 heavy (non-hydrogen) atoms. The zero-order chi connectivity index (χ0) is 17.1. The van der Waals surface area contributed by atoms with Crippen molar-refractivity contribution < 1.29 is 14.3 Å². The van der Waals surface area contributed by atoms with Crippen molar-refractivity contribution in [1.29, 1.82) is 0 Å². The van der Waals surface area contributed by atoms with E-state index in [2.05, 4.69) is 18.2 Å². The molecule has 1 aromatic carbocycles. The fourth-order valence-electron chi connectivity index (χ4n) is 3.42. The van der Waals surface area contributed by atoms with Crippen molar-refractivity contribution in [2.24, 2.45) is 0 Å². The van der Waals surface area contributed by atoms with Crippen LogP contribution in [0.5, 0.6) is 0 Å². The lowest BCUT2D eigenvalue weighted by molar-refractivity contribution is -0.145. The highest BCUT2D eigenvalue weighted by molar-refractivity contribution is 5.82. The first-order valence-corrected chi connectivity index (χ1v) is 8.79. The summed E-state index contributed by atoms with van der Waals surface area (Å²) in [7, 11) is 0. The largest absolute Gasteiger partial charge is 0.368 e. The van der Waals surface area contributed by atoms with Crippen LogP contribution in [0.25, 0.3) is 0 Å². The third kappa shape index (κ3) is 3.78. The number of carbonyl (C=O) groups is 2. The number of benzene rings is 1. The first-order chi connectivity index (χ1) is 11.5. The van der Waals surface area contributed by atoms with E-state index in [-0.39, 0.29) is 17.9 Å². The summed E-state index contributed by atoms with van der Waals surface area (Å²) < 4.78 is 5.47. The molecule has 5 heteroatoms. The first-order valence-electron chi connectivity index (χ1n) is 8.79. The Bertz CT molecular complexity index is 615. The van der Waals surface area contributed by atoms with E-state index in [0.717, 1.165) is 24.0 Å². The summed E-state index contributed by atoms with van der Waals surface area (Å²) in [4.78, 5) is 28.6. The minimum Gasteiger partial charge on any atom is -0.368 e. The van der Waals surface area contributed by atoms with E-state index in [9.17, 15) is 9.59 Å². The van der Waals surface area contributed by atoms with Crippen LogP contribution in [-0.2, 0) is 20.7 Å². The summed E-state index contributed by atoms with van der Waals surface area (Å²) in [6, 6.07) is 6.22. The third-order valence-electron chi connectivity index (χ3n) is 5.00. The molecule has 1 atom stereocenters. The first kappa shape index (κ1) is 17.0. The summed E-state index contributed by atoms with van der Waals surface area (Å²) in [5.41, 5.74) is 3.43. The number of hydrogen-bond acceptors (Lipinski definition) is 3. The van der Waals surface area contributed by atoms with Gasteiger partial charge in [-0.05, 0) is 37.8 Å². The molecule has 2 saturated heterocycles. The molecule has 2 fully saturated rings. The molecule has 130 valence electrons. The van der Waals surface area contributed by atoms with Gasteiger partial charge in [-0.25, -0.2) is 0 Å². The lowest BCUT2D eigenvalue weighted by Gasteiger charge is -2.36. The van der Waals surface area contributed by atoms with E-state index in [1.165, 1.54) is 5.56 Å². The lowest BCUT2D eigenvalue weighted by Crippen LogP contribution is -2.53. The average molecular weight is 330 g/mol. The molecule has 0 spiro atoms. The van der Waals surface area contributed by atoms with Gasteiger partial charge >= 0.3 is 0 Å². The SMILES string of the molecule is Cc1ccc(C)c(CC(=O)N2CCN(C(=O)C3CCCO3)CC2)c1. The third-order valence-corrected chi connectivity index (χ3v) is 5.00. The predicted octanol–water partition coefficient (Wildman–Crippen LogP) is 1.70. The van der Waals surface area contributed by atoms with Gasteiger partial charge in [0.05, 0.1) is 6.42 Å². The number of rotatable bonds is 3. The van der Waals surface area contributed by atoms with Crippen LogP contribution in [0.3, 0.4) is 0 Å². The van der Waals surface area contributed by atoms with Crippen LogP contribution in [0, 0.1) is 13.8 Å². The lowest BCUT2D eigenvalue weighted by atomic mass is 10.0. The molecule has 2 amide bonds. The Balaban J connectivity index is 1.53. The Labute approximate surface area is 143 Å². The van der Waals surface area contributed by atoms with Crippen molar-refractivity contribution in [2.75, 3.05) is 32.8 Å². The molecule has 2 aliphatic rings. The maximum atomic E-state index is 12.6. The molecule has 0 N–H and O–H groups in total. The summed E-state index contributed by atoms with van der Waals surface area (Å²) in [6.07, 6.45) is 1.96. The Kier molecular flexibility index (Phi) is 5.19. The maximum Gasteiger partial charge on any atom is 0.251 e. The highest BCUT2D eigenvalue weighted by atomic mass is 16.5. The van der Waals surface area contributed by atoms with Gasteiger partial charge in [0.2, 0.25) is 5.91 Å². The van der Waals surface area contributed by atoms with Gasteiger partial charge in [0.1, 0.15) is 6.10 Å². The second-order valence-corrected chi connectivity index (χ2v) is 6.81. The van der Waals surface area contributed by atoms with Gasteiger partial charge in [0.25, 0.3) is 5.91 Å². The quantitative estimate of drug-likeness (QED) is 0.847. The molecular weight excluding hydrogens is 304 g/mol. The molecule has 0 aromatic heterocycles. The van der Waals surface area contributed by atoms with Crippen molar-refractivity contribution in [3.63, 3.8) is 0 Å². The van der Waals surface area contributed by atoms with Gasteiger partial charge in [-0.15, -0.1) is 0 Å². The zero-order valence-electron chi connectivity index (χ0n) is 14.6. The van der Waals surface area contributed by atoms with Crippen LogP contribution in [0.2, 0.25) is 0 Å². The van der Waals surface area contributed by atoms with Gasteiger partial charge in [0, 0.05) is 32.8 Å². The van der Waals surface area contributed by atoms with Crippen LogP contribution in [0.4, 0.5) is 0 Å². The smallest absolute Gasteiger partial charge is 0.251 e. The number of amides is 2. The molecule has 2 aliphatic heterocycles. The van der Waals surface area contributed by atoms with Gasteiger partial charge < -0.3 is 14.5 Å². The van der Waals surface area contributed by atoms with Crippen molar-refractivity contribution in [2.45, 2.75) is 39.2 Å². The number of piperazine rings is 1. The zero-order valence-corrected chi connectivity index (χ0v) is 14.6. The molecule has 1 aromatic rings. The van der Waals surface area contributed by atoms with Crippen molar-refractivity contribution in [3.8, 4) is 0 Å². The van der Waals surface area contributed by atoms with Gasteiger partial charge in [-0.3, -0.25) is 9.59 Å². The Morgan fingerprint density at radius 2 is 1.83 bits per heavy atom. The van der Waals surface area contributed by atoms with Crippen molar-refractivity contribution in [1.82, 2.24) is 9.80 Å². The molecule has 5 nitrogen and oxygen atoms in total. The fraction of sp³-hybridized carbons (Fsp3) is 0.579. The summed E-state index contributed by atoms with van der Waals surface area (Å²) in [5, 5.41) is 0. The minimum atomic E-state index is -0.262. The van der Waals surface area contributed by atoms with E-state index in [1.54, 1.807) is 0 Å². The van der Waals surface area contributed by atoms with Crippen molar-refractivity contribution in [3.05, 3.63) is 34.9 Å². The Morgan fingerprint density at radius 3 is 2.50 bits per heavy atom. The predicted molar refractivity (Wildman–Crippen MR) is 91.8 cm³/mol. The monoisotopic (exact) mass is 330 g/mol. The number of aryl methyl sites for hydroxylation is 2. The highest BCUT2D eigenvalue weighted by Crippen LogP contribution is 2.17. The summed E-state index contributed by atoms with van der Waals surface area (Å²) in [6.45, 7) is 7.21. The molecule has 0 radical (unpaired) electrons. The van der Waals surface area contributed by atoms with Crippen LogP contribution < -0.4 is 0 Å². The molecular formula is C19H26N2O3. The standard InChI is InChI=1S/C19H26N2O3/c1-14-5-6-15(2)16(12-14)13-18(22)20-7-9-21(10-8-20)19(23)17-4-3-11-24-17/h5-6,12,17H,3-4,7-11,13H2,1-2H3. The van der Waals surface area contributed by atoms with Crippen molar-refractivity contribution >= 4 is 11.8 Å². The highest BCUT2D eigenvalue weighted by Gasteiger charge is 2.31. The Hall–Kier alpha value is -1.88. The fourth-order valence-corrected chi connectivity index (χ4v) is 3.42. The molecule has 1 unspecified atom stereocenters. The maximum absolute atomic E-state index is 12.6. The normalized spacial score (nSPS) is 21.2. The van der Waals surface area contributed by atoms with Crippen LogP contribution in [0.1, 0.15) is 29.5 Å². The molecule has 3 rings (SSSR count). The van der Waals surface area contributed by atoms with E-state index >= 15 is 0 Å². The molecule has 0 saturated carbocycles. The second-order valence-electron chi connectivity index (χ2n) is 6.81. The molecule has 2 heterocycles. The average Bonchev–Trinajstić information content (AvgIpc) is 3.12. The van der Waals surface area contributed by atoms with E-state index in [1.807, 2.05) is 23.6 Å². The van der Waals surface area contributed by atoms with Gasteiger partial charge in [-0.2, -0.15) is 0 Å². The topological polar surface area (TPSA) is 49.9 Å². The summed E-state index contributed by atoms with van der Waals surface area (Å²) >= 11 is 0. The van der Waals surface area contributed by atoms with E-state index in [0.29, 0.717) is 39.2 Å². The minimum absolute atomic E-state index is 0.0918. The van der Waals surface area contributed by atoms with Crippen LogP contribution in [0.15, 0.2) is 18.2 Å². The van der Waals surface area contributed by atoms with E-state index < -0.39 is 0 Å². The van der Waals surface area contributed by atoms with Gasteiger partial charge in [0.15, 0.2) is 0 Å². The van der Waals surface area contributed by atoms with Gasteiger partial charge in [-0.1, -0.05) is 23.8 Å². The van der Waals surface area contributed by atoms with Crippen LogP contribution >= 0.6 is 0 Å².